The molecule has 1 aromatic heterocycles. The number of nitrogens with two attached hydrogens (primary N) is 2. The number of hydrogen-bond acceptors (Lipinski definition) is 3. The maximum Gasteiger partial charge on any atom is 0.141 e. The number of anilines is 1. The second-order valence-corrected chi connectivity index (χ2v) is 4.21. The van der Waals surface area contributed by atoms with Crippen LogP contribution in [0.1, 0.15) is 29.8 Å². The van der Waals surface area contributed by atoms with Crippen molar-refractivity contribution in [2.45, 2.75) is 12.8 Å². The molecule has 0 saturated heterocycles. The number of para-hydroxylation sites is 1. The highest BCUT2D eigenvalue weighted by Gasteiger charge is 2.13. The van der Waals surface area contributed by atoms with Gasteiger partial charge in [0.05, 0.1) is 0 Å². The van der Waals surface area contributed by atoms with Gasteiger partial charge in [-0.3, -0.25) is 5.41 Å². The monoisotopic (exact) mass is 348 g/mol. The van der Waals surface area contributed by atoms with Crippen molar-refractivity contribution in [3.05, 3.63) is 59.4 Å². The lowest BCUT2D eigenvalue weighted by molar-refractivity contribution is 0.871. The van der Waals surface area contributed by atoms with Crippen LogP contribution < -0.4 is 11.5 Å². The quantitative estimate of drug-likeness (QED) is 0.451. The third-order valence-electron chi connectivity index (χ3n) is 2.95. The van der Waals surface area contributed by atoms with E-state index in [2.05, 4.69) is 4.98 Å². The molecule has 1 heterocycles. The summed E-state index contributed by atoms with van der Waals surface area (Å²) in [4.78, 5) is 4.38. The van der Waals surface area contributed by atoms with Crippen molar-refractivity contribution in [3.63, 3.8) is 0 Å². The zero-order chi connectivity index (χ0) is 13.1. The maximum absolute atomic E-state index is 7.41. The molecule has 1 unspecified atom stereocenters. The Kier molecular flexibility index (Phi) is 9.81. The summed E-state index contributed by atoms with van der Waals surface area (Å²) < 4.78 is 0. The largest absolute Gasteiger partial charge is 0.398 e. The van der Waals surface area contributed by atoms with Crippen LogP contribution in [-0.2, 0) is 0 Å². The average molecular weight is 350 g/mol. The molecular weight excluding hydrogens is 331 g/mol. The van der Waals surface area contributed by atoms with E-state index >= 15 is 0 Å². The summed E-state index contributed by atoms with van der Waals surface area (Å²) in [5.74, 6) is 0.0515. The number of benzene rings is 1. The van der Waals surface area contributed by atoms with Gasteiger partial charge in [0, 0.05) is 17.3 Å². The van der Waals surface area contributed by atoms with E-state index in [0.29, 0.717) is 5.69 Å². The first-order valence-electron chi connectivity index (χ1n) is 5.75. The second kappa shape index (κ2) is 9.45. The molecule has 2 rings (SSSR count). The fourth-order valence-corrected chi connectivity index (χ4v) is 1.91. The Labute approximate surface area is 143 Å². The molecule has 2 aromatic rings. The minimum Gasteiger partial charge on any atom is -0.398 e. The van der Waals surface area contributed by atoms with Crippen LogP contribution in [0.4, 0.5) is 5.69 Å². The molecule has 21 heavy (non-hydrogen) atoms. The highest BCUT2D eigenvalue weighted by molar-refractivity contribution is 5.93. The van der Waals surface area contributed by atoms with Gasteiger partial charge in [-0.05, 0) is 23.8 Å². The molecule has 5 N–H and O–H groups in total. The van der Waals surface area contributed by atoms with E-state index in [1.165, 1.54) is 0 Å². The average Bonchev–Trinajstić information content (AvgIpc) is 2.38. The fraction of sp³-hybridized carbons (Fsp3) is 0.143. The topological polar surface area (TPSA) is 88.8 Å². The number of hydrogen-bond donors (Lipinski definition) is 3. The van der Waals surface area contributed by atoms with Crippen LogP contribution >= 0.6 is 37.2 Å². The molecular formula is C14H19Cl3N4. The fourth-order valence-electron chi connectivity index (χ4n) is 1.91. The maximum atomic E-state index is 7.41. The number of nitrogen functional groups attached to an aromatic ring is 2. The van der Waals surface area contributed by atoms with Gasteiger partial charge in [-0.25, -0.2) is 4.98 Å². The zero-order valence-corrected chi connectivity index (χ0v) is 13.9. The lowest BCUT2D eigenvalue weighted by atomic mass is 9.95. The van der Waals surface area contributed by atoms with E-state index in [9.17, 15) is 0 Å². The Bertz CT molecular complexity index is 590. The van der Waals surface area contributed by atoms with E-state index in [1.54, 1.807) is 6.07 Å². The summed E-state index contributed by atoms with van der Waals surface area (Å²) in [5, 5.41) is 7.41. The smallest absolute Gasteiger partial charge is 0.141 e. The summed E-state index contributed by atoms with van der Waals surface area (Å²) in [5.41, 5.74) is 14.5. The van der Waals surface area contributed by atoms with Crippen molar-refractivity contribution in [2.75, 3.05) is 5.73 Å². The van der Waals surface area contributed by atoms with E-state index in [-0.39, 0.29) is 49.0 Å². The van der Waals surface area contributed by atoms with Crippen LogP contribution in [-0.4, -0.2) is 10.8 Å². The predicted octanol–water partition coefficient (Wildman–Crippen LogP) is 3.37. The predicted molar refractivity (Wildman–Crippen MR) is 95.4 cm³/mol. The van der Waals surface area contributed by atoms with E-state index in [4.69, 9.17) is 16.9 Å². The lowest BCUT2D eigenvalue weighted by Gasteiger charge is -2.14. The Morgan fingerprint density at radius 3 is 2.24 bits per heavy atom. The van der Waals surface area contributed by atoms with Crippen molar-refractivity contribution in [1.82, 2.24) is 4.98 Å². The number of pyridine rings is 1. The molecule has 1 atom stereocenters. The van der Waals surface area contributed by atoms with E-state index < -0.39 is 0 Å². The number of aromatic nitrogens is 1. The standard InChI is InChI=1S/C14H16N4.3ClH/c1-9(10-5-2-3-6-11(10)15)12-7-4-8-13(18-12)14(16)17;;;/h2-9H,15H2,1H3,(H3,16,17);3*1H. The van der Waals surface area contributed by atoms with Crippen molar-refractivity contribution in [2.24, 2.45) is 5.73 Å². The number of halogens is 3. The molecule has 0 radical (unpaired) electrons. The van der Waals surface area contributed by atoms with Crippen molar-refractivity contribution >= 4 is 48.7 Å². The molecule has 0 saturated carbocycles. The van der Waals surface area contributed by atoms with Crippen LogP contribution in [0, 0.1) is 5.41 Å². The van der Waals surface area contributed by atoms with Gasteiger partial charge in [0.2, 0.25) is 0 Å². The summed E-state index contributed by atoms with van der Waals surface area (Å²) in [7, 11) is 0. The molecule has 116 valence electrons. The molecule has 0 spiro atoms. The summed E-state index contributed by atoms with van der Waals surface area (Å²) >= 11 is 0. The van der Waals surface area contributed by atoms with Gasteiger partial charge in [0.1, 0.15) is 11.5 Å². The molecule has 0 aliphatic heterocycles. The summed E-state index contributed by atoms with van der Waals surface area (Å²) in [6.07, 6.45) is 0. The second-order valence-electron chi connectivity index (χ2n) is 4.21. The zero-order valence-electron chi connectivity index (χ0n) is 11.4. The van der Waals surface area contributed by atoms with Crippen molar-refractivity contribution in [1.29, 1.82) is 5.41 Å². The number of nitrogens with one attached hydrogen (secondary N) is 1. The van der Waals surface area contributed by atoms with Gasteiger partial charge < -0.3 is 11.5 Å². The molecule has 1 aromatic carbocycles. The number of rotatable bonds is 3. The highest BCUT2D eigenvalue weighted by atomic mass is 35.5. The van der Waals surface area contributed by atoms with Gasteiger partial charge in [0.15, 0.2) is 0 Å². The summed E-state index contributed by atoms with van der Waals surface area (Å²) in [6.45, 7) is 2.04. The molecule has 7 heteroatoms. The van der Waals surface area contributed by atoms with Gasteiger partial charge in [-0.1, -0.05) is 31.2 Å². The van der Waals surface area contributed by atoms with E-state index in [0.717, 1.165) is 16.9 Å². The third-order valence-corrected chi connectivity index (χ3v) is 2.95. The Morgan fingerprint density at radius 1 is 1.05 bits per heavy atom. The molecule has 0 aliphatic carbocycles. The Morgan fingerprint density at radius 2 is 1.67 bits per heavy atom. The summed E-state index contributed by atoms with van der Waals surface area (Å²) in [6, 6.07) is 13.2. The minimum absolute atomic E-state index is 0. The first-order valence-corrected chi connectivity index (χ1v) is 5.75. The SMILES string of the molecule is CC(c1cccc(C(=N)N)n1)c1ccccc1N.Cl.Cl.Cl. The minimum atomic E-state index is -0.0231. The first-order chi connectivity index (χ1) is 8.59. The lowest BCUT2D eigenvalue weighted by Crippen LogP contribution is -2.14. The van der Waals surface area contributed by atoms with Crippen LogP contribution in [0.3, 0.4) is 0 Å². The molecule has 0 aliphatic rings. The first kappa shape index (κ1) is 21.8. The van der Waals surface area contributed by atoms with Crippen LogP contribution in [0.2, 0.25) is 0 Å². The molecule has 0 bridgehead atoms. The van der Waals surface area contributed by atoms with Gasteiger partial charge in [-0.2, -0.15) is 0 Å². The van der Waals surface area contributed by atoms with Gasteiger partial charge in [-0.15, -0.1) is 37.2 Å². The van der Waals surface area contributed by atoms with Crippen LogP contribution in [0.25, 0.3) is 0 Å². The molecule has 0 fully saturated rings. The third kappa shape index (κ3) is 5.08. The number of amidine groups is 1. The molecule has 4 nitrogen and oxygen atoms in total. The number of nitrogens with zero attached hydrogens (tertiary/aromatic N) is 1. The normalized spacial score (nSPS) is 10.3. The van der Waals surface area contributed by atoms with E-state index in [1.807, 2.05) is 43.3 Å². The Balaban J connectivity index is 0. The Hall–Kier alpha value is -1.49. The highest BCUT2D eigenvalue weighted by Crippen LogP contribution is 2.26. The van der Waals surface area contributed by atoms with Gasteiger partial charge in [0.25, 0.3) is 0 Å². The van der Waals surface area contributed by atoms with Crippen LogP contribution in [0.5, 0.6) is 0 Å². The molecule has 0 amide bonds. The van der Waals surface area contributed by atoms with Gasteiger partial charge >= 0.3 is 0 Å². The van der Waals surface area contributed by atoms with Crippen molar-refractivity contribution in [3.8, 4) is 0 Å². The van der Waals surface area contributed by atoms with Crippen LogP contribution in [0.15, 0.2) is 42.5 Å². The van der Waals surface area contributed by atoms with Crippen molar-refractivity contribution < 1.29 is 0 Å².